The Morgan fingerprint density at radius 2 is 1.85 bits per heavy atom. The fourth-order valence-corrected chi connectivity index (χ4v) is 4.59. The van der Waals surface area contributed by atoms with Gasteiger partial charge in [0.25, 0.3) is 5.91 Å². The van der Waals surface area contributed by atoms with Gasteiger partial charge in [-0.25, -0.2) is 9.88 Å². The third kappa shape index (κ3) is 4.27. The largest absolute Gasteiger partial charge is 0.489 e. The van der Waals surface area contributed by atoms with Crippen molar-refractivity contribution in [3.05, 3.63) is 54.4 Å². The number of fused-ring (bicyclic) bond motifs is 1. The van der Waals surface area contributed by atoms with E-state index in [1.807, 2.05) is 52.1 Å². The zero-order chi connectivity index (χ0) is 23.9. The van der Waals surface area contributed by atoms with Gasteiger partial charge >= 0.3 is 6.05 Å². The molecule has 3 aromatic rings. The van der Waals surface area contributed by atoms with Crippen LogP contribution in [0.5, 0.6) is 5.75 Å². The van der Waals surface area contributed by atoms with E-state index in [-0.39, 0.29) is 12.0 Å². The average Bonchev–Trinajstić information content (AvgIpc) is 3.22. The zero-order valence-electron chi connectivity index (χ0n) is 19.6. The quantitative estimate of drug-likeness (QED) is 0.480. The van der Waals surface area contributed by atoms with E-state index in [0.29, 0.717) is 37.2 Å². The highest BCUT2D eigenvalue weighted by molar-refractivity contribution is 5.98. The van der Waals surface area contributed by atoms with Crippen LogP contribution in [-0.2, 0) is 0 Å². The number of likely N-dealkylation sites (tertiary alicyclic amines) is 2. The van der Waals surface area contributed by atoms with Crippen molar-refractivity contribution in [2.24, 2.45) is 5.92 Å². The predicted molar refractivity (Wildman–Crippen MR) is 127 cm³/mol. The summed E-state index contributed by atoms with van der Waals surface area (Å²) in [5.41, 5.74) is 1.68. The van der Waals surface area contributed by atoms with Crippen LogP contribution in [0.1, 0.15) is 43.5 Å². The van der Waals surface area contributed by atoms with Gasteiger partial charge < -0.3 is 14.2 Å². The van der Waals surface area contributed by atoms with Gasteiger partial charge in [-0.05, 0) is 55.7 Å². The van der Waals surface area contributed by atoms with Gasteiger partial charge in [0.15, 0.2) is 0 Å². The first-order chi connectivity index (χ1) is 16.3. The molecule has 0 atom stereocenters. The summed E-state index contributed by atoms with van der Waals surface area (Å²) < 4.78 is 36.5. The standard InChI is InChI=1S/C26H30F2N4O2/c1-18(2)26(27,28)31-13-9-21(10-14-31)34-22-5-7-24(29-17-22)32-15-8-19-16-20(4-6-23(19)32)25(33)30-11-3-12-30/h4-8,15-18,21H,3,9-14H2,1-2H3. The number of amides is 1. The topological polar surface area (TPSA) is 50.6 Å². The minimum absolute atomic E-state index is 0.0827. The lowest BCUT2D eigenvalue weighted by atomic mass is 10.0. The van der Waals surface area contributed by atoms with Gasteiger partial charge in [-0.2, -0.15) is 8.78 Å². The lowest BCUT2D eigenvalue weighted by Crippen LogP contribution is -2.50. The molecule has 1 aromatic carbocycles. The molecule has 34 heavy (non-hydrogen) atoms. The Kier molecular flexibility index (Phi) is 6.02. The number of hydrogen-bond donors (Lipinski definition) is 0. The number of alkyl halides is 2. The molecule has 2 aliphatic heterocycles. The Labute approximate surface area is 198 Å². The van der Waals surface area contributed by atoms with Crippen molar-refractivity contribution >= 4 is 16.8 Å². The second kappa shape index (κ2) is 8.98. The number of rotatable bonds is 6. The summed E-state index contributed by atoms with van der Waals surface area (Å²) in [5.74, 6) is 0.755. The van der Waals surface area contributed by atoms with Crippen LogP contribution in [0.25, 0.3) is 16.7 Å². The molecule has 5 rings (SSSR count). The summed E-state index contributed by atoms with van der Waals surface area (Å²) in [7, 11) is 0. The van der Waals surface area contributed by atoms with Gasteiger partial charge in [0.05, 0.1) is 11.7 Å². The van der Waals surface area contributed by atoms with Gasteiger partial charge in [-0.1, -0.05) is 13.8 Å². The fraction of sp³-hybridized carbons (Fsp3) is 0.462. The first-order valence-electron chi connectivity index (χ1n) is 12.0. The van der Waals surface area contributed by atoms with Crippen LogP contribution in [0, 0.1) is 5.92 Å². The number of pyridine rings is 1. The Bertz CT molecular complexity index is 1160. The molecule has 2 fully saturated rings. The number of halogens is 2. The molecule has 2 saturated heterocycles. The lowest BCUT2D eigenvalue weighted by molar-refractivity contribution is -0.188. The molecule has 8 heteroatoms. The van der Waals surface area contributed by atoms with Crippen molar-refractivity contribution in [2.45, 2.75) is 45.3 Å². The van der Waals surface area contributed by atoms with E-state index in [9.17, 15) is 13.6 Å². The molecule has 2 aliphatic rings. The number of piperidine rings is 1. The van der Waals surface area contributed by atoms with Gasteiger partial charge in [-0.3, -0.25) is 4.79 Å². The van der Waals surface area contributed by atoms with Crippen molar-refractivity contribution in [1.82, 2.24) is 19.4 Å². The molecule has 1 amide bonds. The molecule has 0 aliphatic carbocycles. The summed E-state index contributed by atoms with van der Waals surface area (Å²) in [6.07, 6.45) is 5.72. The molecular formula is C26H30F2N4O2. The lowest BCUT2D eigenvalue weighted by Gasteiger charge is -2.38. The third-order valence-electron chi connectivity index (χ3n) is 6.91. The second-order valence-corrected chi connectivity index (χ2v) is 9.50. The highest BCUT2D eigenvalue weighted by Gasteiger charge is 2.42. The summed E-state index contributed by atoms with van der Waals surface area (Å²) in [4.78, 5) is 20.2. The number of ether oxygens (including phenoxy) is 1. The normalized spacial score (nSPS) is 17.9. The van der Waals surface area contributed by atoms with Crippen LogP contribution < -0.4 is 4.74 Å². The van der Waals surface area contributed by atoms with E-state index in [0.717, 1.165) is 36.2 Å². The zero-order valence-corrected chi connectivity index (χ0v) is 19.6. The van der Waals surface area contributed by atoms with Crippen LogP contribution in [-0.4, -0.2) is 63.6 Å². The Morgan fingerprint density at radius 3 is 2.47 bits per heavy atom. The minimum atomic E-state index is -2.78. The number of carbonyl (C=O) groups excluding carboxylic acids is 1. The molecule has 4 heterocycles. The summed E-state index contributed by atoms with van der Waals surface area (Å²) in [5, 5.41) is 0.985. The Morgan fingerprint density at radius 1 is 1.09 bits per heavy atom. The van der Waals surface area contributed by atoms with E-state index in [2.05, 4.69) is 4.98 Å². The molecular weight excluding hydrogens is 438 g/mol. The van der Waals surface area contributed by atoms with Crippen molar-refractivity contribution < 1.29 is 18.3 Å². The first-order valence-corrected chi connectivity index (χ1v) is 12.0. The Hall–Kier alpha value is -3.00. The van der Waals surface area contributed by atoms with E-state index in [4.69, 9.17) is 4.74 Å². The fourth-order valence-electron chi connectivity index (χ4n) is 4.59. The van der Waals surface area contributed by atoms with Crippen LogP contribution in [0.15, 0.2) is 48.8 Å². The average molecular weight is 469 g/mol. The highest BCUT2D eigenvalue weighted by atomic mass is 19.3. The molecule has 6 nitrogen and oxygen atoms in total. The van der Waals surface area contributed by atoms with E-state index in [1.165, 1.54) is 4.90 Å². The number of nitrogens with zero attached hydrogens (tertiary/aromatic N) is 4. The smallest absolute Gasteiger partial charge is 0.307 e. The predicted octanol–water partition coefficient (Wildman–Crippen LogP) is 4.96. The minimum Gasteiger partial charge on any atom is -0.489 e. The number of hydrogen-bond acceptors (Lipinski definition) is 4. The van der Waals surface area contributed by atoms with Crippen molar-refractivity contribution in [3.63, 3.8) is 0 Å². The molecule has 0 N–H and O–H groups in total. The maximum atomic E-state index is 14.2. The highest BCUT2D eigenvalue weighted by Crippen LogP contribution is 2.32. The molecule has 0 unspecified atom stereocenters. The first kappa shape index (κ1) is 22.8. The van der Waals surface area contributed by atoms with Gasteiger partial charge in [-0.15, -0.1) is 0 Å². The van der Waals surface area contributed by atoms with Crippen molar-refractivity contribution in [3.8, 4) is 11.6 Å². The number of benzene rings is 1. The van der Waals surface area contributed by atoms with Gasteiger partial charge in [0.2, 0.25) is 0 Å². The molecule has 2 aromatic heterocycles. The maximum Gasteiger partial charge on any atom is 0.307 e. The van der Waals surface area contributed by atoms with E-state index < -0.39 is 12.0 Å². The monoisotopic (exact) mass is 468 g/mol. The second-order valence-electron chi connectivity index (χ2n) is 9.50. The number of carbonyl (C=O) groups is 1. The summed E-state index contributed by atoms with van der Waals surface area (Å²) in [6.45, 7) is 5.41. The van der Waals surface area contributed by atoms with Gasteiger partial charge in [0, 0.05) is 49.2 Å². The molecule has 0 saturated carbocycles. The van der Waals surface area contributed by atoms with Crippen LogP contribution >= 0.6 is 0 Å². The van der Waals surface area contributed by atoms with Crippen LogP contribution in [0.4, 0.5) is 8.78 Å². The molecule has 0 bridgehead atoms. The van der Waals surface area contributed by atoms with Crippen LogP contribution in [0.3, 0.4) is 0 Å². The van der Waals surface area contributed by atoms with Gasteiger partial charge in [0.1, 0.15) is 17.7 Å². The SMILES string of the molecule is CC(C)C(F)(F)N1CCC(Oc2ccc(-n3ccc4cc(C(=O)N5CCC5)ccc43)nc2)CC1. The summed E-state index contributed by atoms with van der Waals surface area (Å²) in [6, 6.07) is 8.70. The number of aromatic nitrogens is 2. The third-order valence-corrected chi connectivity index (χ3v) is 6.91. The molecule has 0 spiro atoms. The van der Waals surface area contributed by atoms with E-state index >= 15 is 0 Å². The Balaban J connectivity index is 1.23. The van der Waals surface area contributed by atoms with Crippen molar-refractivity contribution in [1.29, 1.82) is 0 Å². The summed E-state index contributed by atoms with van der Waals surface area (Å²) >= 11 is 0. The molecule has 0 radical (unpaired) electrons. The van der Waals surface area contributed by atoms with Crippen molar-refractivity contribution in [2.75, 3.05) is 26.2 Å². The maximum absolute atomic E-state index is 14.2. The molecule has 180 valence electrons. The van der Waals surface area contributed by atoms with Crippen LogP contribution in [0.2, 0.25) is 0 Å². The van der Waals surface area contributed by atoms with E-state index in [1.54, 1.807) is 20.0 Å².